The summed E-state index contributed by atoms with van der Waals surface area (Å²) in [6.07, 6.45) is 3.29. The van der Waals surface area contributed by atoms with Crippen molar-refractivity contribution >= 4 is 11.6 Å². The van der Waals surface area contributed by atoms with Crippen molar-refractivity contribution in [2.24, 2.45) is 0 Å². The molecule has 1 aliphatic rings. The summed E-state index contributed by atoms with van der Waals surface area (Å²) in [5.74, 6) is -0.791. The lowest BCUT2D eigenvalue weighted by Crippen LogP contribution is -2.12. The van der Waals surface area contributed by atoms with Crippen molar-refractivity contribution in [3.05, 3.63) is 83.4 Å². The molecule has 0 bridgehead atoms. The highest BCUT2D eigenvalue weighted by atomic mass is 19.1. The Labute approximate surface area is 144 Å². The standard InChI is InChI=1S/C20H16FN3O/c21-18-7-15(13-2-1-5-22-10-13)6-16(8-18)20(25)24-19-4-3-14-11-23-12-17(14)9-19/h1-10,23H,11-12H2,(H,24,25). The number of hydrogen-bond donors (Lipinski definition) is 2. The van der Waals surface area contributed by atoms with Crippen LogP contribution >= 0.6 is 0 Å². The molecule has 3 aromatic rings. The summed E-state index contributed by atoms with van der Waals surface area (Å²) >= 11 is 0. The number of halogens is 1. The number of carbonyl (C=O) groups is 1. The summed E-state index contributed by atoms with van der Waals surface area (Å²) < 4.78 is 14.0. The van der Waals surface area contributed by atoms with E-state index >= 15 is 0 Å². The van der Waals surface area contributed by atoms with E-state index in [4.69, 9.17) is 0 Å². The maximum absolute atomic E-state index is 14.0. The van der Waals surface area contributed by atoms with Gasteiger partial charge in [-0.15, -0.1) is 0 Å². The predicted octanol–water partition coefficient (Wildman–Crippen LogP) is 3.74. The van der Waals surface area contributed by atoms with Crippen LogP contribution in [0.2, 0.25) is 0 Å². The van der Waals surface area contributed by atoms with Gasteiger partial charge in [0.2, 0.25) is 0 Å². The van der Waals surface area contributed by atoms with E-state index in [1.807, 2.05) is 24.3 Å². The molecule has 1 aliphatic heterocycles. The number of pyridine rings is 1. The van der Waals surface area contributed by atoms with Crippen molar-refractivity contribution in [2.75, 3.05) is 5.32 Å². The smallest absolute Gasteiger partial charge is 0.255 e. The number of anilines is 1. The second-order valence-corrected chi connectivity index (χ2v) is 6.01. The third kappa shape index (κ3) is 3.27. The lowest BCUT2D eigenvalue weighted by Gasteiger charge is -2.09. The van der Waals surface area contributed by atoms with Crippen LogP contribution in [-0.4, -0.2) is 10.9 Å². The Morgan fingerprint density at radius 3 is 2.76 bits per heavy atom. The van der Waals surface area contributed by atoms with Crippen LogP contribution < -0.4 is 10.6 Å². The molecule has 0 saturated heterocycles. The molecule has 0 atom stereocenters. The average molecular weight is 333 g/mol. The third-order valence-electron chi connectivity index (χ3n) is 4.25. The quantitative estimate of drug-likeness (QED) is 0.768. The first-order chi connectivity index (χ1) is 12.2. The molecule has 25 heavy (non-hydrogen) atoms. The number of carbonyl (C=O) groups excluding carboxylic acids is 1. The number of aromatic nitrogens is 1. The summed E-state index contributed by atoms with van der Waals surface area (Å²) in [7, 11) is 0. The Kier molecular flexibility index (Phi) is 3.99. The number of benzene rings is 2. The Morgan fingerprint density at radius 1 is 1.04 bits per heavy atom. The van der Waals surface area contributed by atoms with E-state index in [1.54, 1.807) is 24.5 Å². The first-order valence-corrected chi connectivity index (χ1v) is 8.04. The zero-order valence-electron chi connectivity index (χ0n) is 13.4. The summed E-state index contributed by atoms with van der Waals surface area (Å²) in [6, 6.07) is 13.7. The summed E-state index contributed by atoms with van der Waals surface area (Å²) in [6.45, 7) is 1.64. The Balaban J connectivity index is 1.61. The van der Waals surface area contributed by atoms with Crippen molar-refractivity contribution in [1.29, 1.82) is 0 Å². The lowest BCUT2D eigenvalue weighted by atomic mass is 10.0. The average Bonchev–Trinajstić information content (AvgIpc) is 3.09. The third-order valence-corrected chi connectivity index (χ3v) is 4.25. The molecule has 0 saturated carbocycles. The van der Waals surface area contributed by atoms with Crippen LogP contribution in [0.5, 0.6) is 0 Å². The highest BCUT2D eigenvalue weighted by Gasteiger charge is 2.13. The van der Waals surface area contributed by atoms with E-state index in [1.165, 1.54) is 23.3 Å². The minimum absolute atomic E-state index is 0.275. The van der Waals surface area contributed by atoms with Crippen LogP contribution in [0, 0.1) is 5.82 Å². The largest absolute Gasteiger partial charge is 0.322 e. The van der Waals surface area contributed by atoms with Crippen molar-refractivity contribution in [1.82, 2.24) is 10.3 Å². The number of nitrogens with zero attached hydrogens (tertiary/aromatic N) is 1. The number of nitrogens with one attached hydrogen (secondary N) is 2. The first kappa shape index (κ1) is 15.5. The minimum atomic E-state index is -0.454. The molecule has 0 aliphatic carbocycles. The van der Waals surface area contributed by atoms with Crippen molar-refractivity contribution in [3.63, 3.8) is 0 Å². The molecule has 0 spiro atoms. The van der Waals surface area contributed by atoms with E-state index in [0.29, 0.717) is 11.3 Å². The highest BCUT2D eigenvalue weighted by Crippen LogP contribution is 2.23. The minimum Gasteiger partial charge on any atom is -0.322 e. The normalized spacial score (nSPS) is 12.7. The molecule has 0 unspecified atom stereocenters. The van der Waals surface area contributed by atoms with Crippen LogP contribution in [0.15, 0.2) is 60.9 Å². The van der Waals surface area contributed by atoms with Crippen LogP contribution in [-0.2, 0) is 13.1 Å². The zero-order chi connectivity index (χ0) is 17.2. The van der Waals surface area contributed by atoms with Gasteiger partial charge in [0.1, 0.15) is 5.82 Å². The fraction of sp³-hybridized carbons (Fsp3) is 0.100. The van der Waals surface area contributed by atoms with E-state index in [0.717, 1.165) is 18.7 Å². The molecular weight excluding hydrogens is 317 g/mol. The fourth-order valence-corrected chi connectivity index (χ4v) is 3.00. The number of hydrogen-bond acceptors (Lipinski definition) is 3. The molecule has 0 radical (unpaired) electrons. The van der Waals surface area contributed by atoms with Gasteiger partial charge in [-0.25, -0.2) is 4.39 Å². The molecular formula is C20H16FN3O. The molecule has 4 nitrogen and oxygen atoms in total. The van der Waals surface area contributed by atoms with E-state index < -0.39 is 5.82 Å². The fourth-order valence-electron chi connectivity index (χ4n) is 3.00. The second kappa shape index (κ2) is 6.45. The molecule has 4 rings (SSSR count). The molecule has 2 N–H and O–H groups in total. The van der Waals surface area contributed by atoms with Gasteiger partial charge in [-0.05, 0) is 53.1 Å². The molecule has 1 amide bonds. The van der Waals surface area contributed by atoms with Gasteiger partial charge in [-0.1, -0.05) is 12.1 Å². The van der Waals surface area contributed by atoms with E-state index in [9.17, 15) is 9.18 Å². The van der Waals surface area contributed by atoms with Gasteiger partial charge in [0.05, 0.1) is 0 Å². The summed E-state index contributed by atoms with van der Waals surface area (Å²) in [4.78, 5) is 16.6. The number of amides is 1. The van der Waals surface area contributed by atoms with Crippen molar-refractivity contribution < 1.29 is 9.18 Å². The van der Waals surface area contributed by atoms with Gasteiger partial charge < -0.3 is 10.6 Å². The molecule has 2 aromatic carbocycles. The lowest BCUT2D eigenvalue weighted by molar-refractivity contribution is 0.102. The van der Waals surface area contributed by atoms with Crippen LogP contribution in [0.1, 0.15) is 21.5 Å². The monoisotopic (exact) mass is 333 g/mol. The topological polar surface area (TPSA) is 54.0 Å². The maximum Gasteiger partial charge on any atom is 0.255 e. The van der Waals surface area contributed by atoms with Gasteiger partial charge >= 0.3 is 0 Å². The Bertz CT molecular complexity index is 941. The summed E-state index contributed by atoms with van der Waals surface area (Å²) in [5.41, 5.74) is 4.78. The molecule has 0 fully saturated rings. The van der Waals surface area contributed by atoms with E-state index in [-0.39, 0.29) is 11.5 Å². The zero-order valence-corrected chi connectivity index (χ0v) is 13.4. The number of rotatable bonds is 3. The molecule has 1 aromatic heterocycles. The van der Waals surface area contributed by atoms with Crippen molar-refractivity contribution in [2.45, 2.75) is 13.1 Å². The predicted molar refractivity (Wildman–Crippen MR) is 94.6 cm³/mol. The van der Waals surface area contributed by atoms with Gasteiger partial charge in [0.15, 0.2) is 0 Å². The first-order valence-electron chi connectivity index (χ1n) is 8.04. The molecule has 2 heterocycles. The Hall–Kier alpha value is -3.05. The van der Waals surface area contributed by atoms with Crippen LogP contribution in [0.25, 0.3) is 11.1 Å². The highest BCUT2D eigenvalue weighted by molar-refractivity contribution is 6.05. The summed E-state index contributed by atoms with van der Waals surface area (Å²) in [5, 5.41) is 6.11. The van der Waals surface area contributed by atoms with Gasteiger partial charge in [0, 0.05) is 42.3 Å². The Morgan fingerprint density at radius 2 is 1.92 bits per heavy atom. The number of fused-ring (bicyclic) bond motifs is 1. The van der Waals surface area contributed by atoms with Crippen molar-refractivity contribution in [3.8, 4) is 11.1 Å². The maximum atomic E-state index is 14.0. The molecule has 5 heteroatoms. The van der Waals surface area contributed by atoms with Crippen LogP contribution in [0.3, 0.4) is 0 Å². The van der Waals surface area contributed by atoms with Gasteiger partial charge in [-0.2, -0.15) is 0 Å². The van der Waals surface area contributed by atoms with Gasteiger partial charge in [0.25, 0.3) is 5.91 Å². The van der Waals surface area contributed by atoms with E-state index in [2.05, 4.69) is 15.6 Å². The second-order valence-electron chi connectivity index (χ2n) is 6.01. The molecule has 124 valence electrons. The van der Waals surface area contributed by atoms with Crippen LogP contribution in [0.4, 0.5) is 10.1 Å². The van der Waals surface area contributed by atoms with Gasteiger partial charge in [-0.3, -0.25) is 9.78 Å². The SMILES string of the molecule is O=C(Nc1ccc2c(c1)CNC2)c1cc(F)cc(-c2cccnc2)c1.